The summed E-state index contributed by atoms with van der Waals surface area (Å²) >= 11 is 0. The SMILES string of the molecule is CC(c1cccc([N+](=O)[O-])c1)N(C)C(=O)CCNC(=O)c1ccccc1. The van der Waals surface area contributed by atoms with Gasteiger partial charge in [0.05, 0.1) is 11.0 Å². The Morgan fingerprint density at radius 2 is 1.85 bits per heavy atom. The van der Waals surface area contributed by atoms with Crippen LogP contribution in [0.3, 0.4) is 0 Å². The lowest BCUT2D eigenvalue weighted by atomic mass is 10.1. The van der Waals surface area contributed by atoms with Gasteiger partial charge in [0.15, 0.2) is 0 Å². The first-order valence-corrected chi connectivity index (χ1v) is 8.23. The molecule has 0 saturated heterocycles. The number of hydrogen-bond donors (Lipinski definition) is 1. The molecule has 0 fully saturated rings. The summed E-state index contributed by atoms with van der Waals surface area (Å²) in [6.45, 7) is 2.03. The van der Waals surface area contributed by atoms with Crippen LogP contribution in [0.25, 0.3) is 0 Å². The van der Waals surface area contributed by atoms with Crippen molar-refractivity contribution in [2.24, 2.45) is 0 Å². The summed E-state index contributed by atoms with van der Waals surface area (Å²) in [6, 6.07) is 14.7. The molecule has 1 unspecified atom stereocenters. The fraction of sp³-hybridized carbons (Fsp3) is 0.263. The number of nitrogens with one attached hydrogen (secondary N) is 1. The van der Waals surface area contributed by atoms with Gasteiger partial charge in [-0.1, -0.05) is 30.3 Å². The minimum Gasteiger partial charge on any atom is -0.352 e. The monoisotopic (exact) mass is 355 g/mol. The van der Waals surface area contributed by atoms with Gasteiger partial charge in [-0.15, -0.1) is 0 Å². The van der Waals surface area contributed by atoms with Crippen molar-refractivity contribution in [1.29, 1.82) is 0 Å². The Morgan fingerprint density at radius 3 is 2.50 bits per heavy atom. The van der Waals surface area contributed by atoms with E-state index in [1.54, 1.807) is 50.4 Å². The van der Waals surface area contributed by atoms with Gasteiger partial charge in [-0.05, 0) is 24.6 Å². The van der Waals surface area contributed by atoms with E-state index in [4.69, 9.17) is 0 Å². The van der Waals surface area contributed by atoms with Crippen LogP contribution in [0.4, 0.5) is 5.69 Å². The van der Waals surface area contributed by atoms with Gasteiger partial charge in [0, 0.05) is 37.7 Å². The van der Waals surface area contributed by atoms with Gasteiger partial charge in [-0.3, -0.25) is 19.7 Å². The van der Waals surface area contributed by atoms with Crippen molar-refractivity contribution in [2.75, 3.05) is 13.6 Å². The molecule has 0 bridgehead atoms. The van der Waals surface area contributed by atoms with E-state index in [0.29, 0.717) is 11.1 Å². The molecular weight excluding hydrogens is 334 g/mol. The third kappa shape index (κ3) is 4.89. The number of nitro groups is 1. The van der Waals surface area contributed by atoms with Gasteiger partial charge in [-0.2, -0.15) is 0 Å². The normalized spacial score (nSPS) is 11.5. The van der Waals surface area contributed by atoms with Crippen LogP contribution in [-0.2, 0) is 4.79 Å². The van der Waals surface area contributed by atoms with Crippen LogP contribution in [-0.4, -0.2) is 35.2 Å². The Kier molecular flexibility index (Phi) is 6.43. The number of non-ortho nitro benzene ring substituents is 1. The molecule has 0 aromatic heterocycles. The van der Waals surface area contributed by atoms with E-state index < -0.39 is 4.92 Å². The van der Waals surface area contributed by atoms with Crippen LogP contribution in [0.2, 0.25) is 0 Å². The van der Waals surface area contributed by atoms with E-state index in [-0.39, 0.29) is 36.5 Å². The van der Waals surface area contributed by atoms with Gasteiger partial charge in [0.2, 0.25) is 5.91 Å². The van der Waals surface area contributed by atoms with Gasteiger partial charge in [-0.25, -0.2) is 0 Å². The summed E-state index contributed by atoms with van der Waals surface area (Å²) in [5.41, 5.74) is 1.21. The fourth-order valence-corrected chi connectivity index (χ4v) is 2.49. The molecule has 7 nitrogen and oxygen atoms in total. The maximum absolute atomic E-state index is 12.3. The molecule has 0 aliphatic rings. The van der Waals surface area contributed by atoms with Crippen molar-refractivity contribution in [1.82, 2.24) is 10.2 Å². The molecular formula is C19H21N3O4. The highest BCUT2D eigenvalue weighted by molar-refractivity contribution is 5.94. The zero-order valence-electron chi connectivity index (χ0n) is 14.7. The second-order valence-electron chi connectivity index (χ2n) is 5.90. The molecule has 1 atom stereocenters. The van der Waals surface area contributed by atoms with E-state index in [2.05, 4.69) is 5.32 Å². The lowest BCUT2D eigenvalue weighted by Gasteiger charge is -2.25. The maximum atomic E-state index is 12.3. The molecule has 136 valence electrons. The minimum atomic E-state index is -0.461. The molecule has 0 radical (unpaired) electrons. The number of carbonyl (C=O) groups excluding carboxylic acids is 2. The van der Waals surface area contributed by atoms with Crippen molar-refractivity contribution in [3.05, 3.63) is 75.8 Å². The quantitative estimate of drug-likeness (QED) is 0.610. The summed E-state index contributed by atoms with van der Waals surface area (Å²) in [5, 5.41) is 13.6. The van der Waals surface area contributed by atoms with Crippen LogP contribution < -0.4 is 5.32 Å². The molecule has 2 rings (SSSR count). The average molecular weight is 355 g/mol. The number of amides is 2. The van der Waals surface area contributed by atoms with Crippen molar-refractivity contribution in [3.8, 4) is 0 Å². The second-order valence-corrected chi connectivity index (χ2v) is 5.90. The summed E-state index contributed by atoms with van der Waals surface area (Å²) in [4.78, 5) is 36.2. The fourth-order valence-electron chi connectivity index (χ4n) is 2.49. The number of rotatable bonds is 7. The predicted molar refractivity (Wildman–Crippen MR) is 97.7 cm³/mol. The van der Waals surface area contributed by atoms with E-state index >= 15 is 0 Å². The molecule has 2 amide bonds. The molecule has 0 spiro atoms. The Labute approximate surface area is 151 Å². The van der Waals surface area contributed by atoms with Crippen LogP contribution in [0, 0.1) is 10.1 Å². The van der Waals surface area contributed by atoms with Crippen LogP contribution >= 0.6 is 0 Å². The van der Waals surface area contributed by atoms with Crippen LogP contribution in [0.1, 0.15) is 35.3 Å². The number of hydrogen-bond acceptors (Lipinski definition) is 4. The van der Waals surface area contributed by atoms with E-state index in [9.17, 15) is 19.7 Å². The maximum Gasteiger partial charge on any atom is 0.269 e. The van der Waals surface area contributed by atoms with E-state index in [1.807, 2.05) is 6.07 Å². The smallest absolute Gasteiger partial charge is 0.269 e. The first-order valence-electron chi connectivity index (χ1n) is 8.23. The summed E-state index contributed by atoms with van der Waals surface area (Å²) in [7, 11) is 1.64. The molecule has 7 heteroatoms. The van der Waals surface area contributed by atoms with Gasteiger partial charge >= 0.3 is 0 Å². The molecule has 0 aliphatic heterocycles. The molecule has 0 saturated carbocycles. The zero-order valence-corrected chi connectivity index (χ0v) is 14.7. The lowest BCUT2D eigenvalue weighted by molar-refractivity contribution is -0.384. The highest BCUT2D eigenvalue weighted by Crippen LogP contribution is 2.23. The number of nitrogens with zero attached hydrogens (tertiary/aromatic N) is 2. The molecule has 2 aromatic carbocycles. The Morgan fingerprint density at radius 1 is 1.15 bits per heavy atom. The highest BCUT2D eigenvalue weighted by atomic mass is 16.6. The lowest BCUT2D eigenvalue weighted by Crippen LogP contribution is -2.33. The second kappa shape index (κ2) is 8.75. The topological polar surface area (TPSA) is 92.6 Å². The number of benzene rings is 2. The third-order valence-corrected chi connectivity index (χ3v) is 4.20. The Balaban J connectivity index is 1.89. The standard InChI is InChI=1S/C19H21N3O4/c1-14(16-9-6-10-17(13-16)22(25)26)21(2)18(23)11-12-20-19(24)15-7-4-3-5-8-15/h3-10,13-14H,11-12H2,1-2H3,(H,20,24). The van der Waals surface area contributed by atoms with Crippen molar-refractivity contribution >= 4 is 17.5 Å². The van der Waals surface area contributed by atoms with Gasteiger partial charge in [0.1, 0.15) is 0 Å². The van der Waals surface area contributed by atoms with Gasteiger partial charge < -0.3 is 10.2 Å². The largest absolute Gasteiger partial charge is 0.352 e. The minimum absolute atomic E-state index is 0.00896. The zero-order chi connectivity index (χ0) is 19.1. The number of carbonyl (C=O) groups is 2. The highest BCUT2D eigenvalue weighted by Gasteiger charge is 2.19. The summed E-state index contributed by atoms with van der Waals surface area (Å²) < 4.78 is 0. The molecule has 26 heavy (non-hydrogen) atoms. The molecule has 1 N–H and O–H groups in total. The van der Waals surface area contributed by atoms with E-state index in [1.165, 1.54) is 17.0 Å². The Bertz CT molecular complexity index is 792. The summed E-state index contributed by atoms with van der Waals surface area (Å²) in [6.07, 6.45) is 0.147. The molecule has 2 aromatic rings. The van der Waals surface area contributed by atoms with Crippen molar-refractivity contribution in [3.63, 3.8) is 0 Å². The van der Waals surface area contributed by atoms with Crippen molar-refractivity contribution in [2.45, 2.75) is 19.4 Å². The molecule has 0 heterocycles. The number of nitro benzene ring substituents is 1. The first kappa shape index (κ1) is 19.1. The predicted octanol–water partition coefficient (Wildman–Crippen LogP) is 2.93. The van der Waals surface area contributed by atoms with Crippen molar-refractivity contribution < 1.29 is 14.5 Å². The third-order valence-electron chi connectivity index (χ3n) is 4.20. The van der Waals surface area contributed by atoms with Gasteiger partial charge in [0.25, 0.3) is 11.6 Å². The Hall–Kier alpha value is -3.22. The van der Waals surface area contributed by atoms with Crippen LogP contribution in [0.15, 0.2) is 54.6 Å². The average Bonchev–Trinajstić information content (AvgIpc) is 2.67. The first-order chi connectivity index (χ1) is 12.4. The molecule has 0 aliphatic carbocycles. The van der Waals surface area contributed by atoms with Crippen LogP contribution in [0.5, 0.6) is 0 Å². The van der Waals surface area contributed by atoms with E-state index in [0.717, 1.165) is 0 Å². The summed E-state index contributed by atoms with van der Waals surface area (Å²) in [5.74, 6) is -0.384.